The molecule has 0 unspecified atom stereocenters. The normalized spacial score (nSPS) is 11.9. The molecule has 6 nitrogen and oxygen atoms in total. The highest BCUT2D eigenvalue weighted by atomic mass is 32.2. The van der Waals surface area contributed by atoms with E-state index < -0.39 is 9.84 Å². The molecule has 3 aromatic heterocycles. The van der Waals surface area contributed by atoms with Gasteiger partial charge in [-0.1, -0.05) is 41.2 Å². The molecular formula is C17H14N4O2S2. The summed E-state index contributed by atoms with van der Waals surface area (Å²) in [5.74, 6) is -0.171. The van der Waals surface area contributed by atoms with Gasteiger partial charge in [0.15, 0.2) is 0 Å². The zero-order chi connectivity index (χ0) is 17.4. The van der Waals surface area contributed by atoms with Gasteiger partial charge in [0.1, 0.15) is 0 Å². The van der Waals surface area contributed by atoms with Gasteiger partial charge < -0.3 is 0 Å². The number of benzene rings is 1. The predicted octanol–water partition coefficient (Wildman–Crippen LogP) is 3.14. The number of aryl methyl sites for hydroxylation is 1. The summed E-state index contributed by atoms with van der Waals surface area (Å²) in [5, 5.41) is 4.21. The Hall–Kier alpha value is -2.58. The van der Waals surface area contributed by atoms with Crippen molar-refractivity contribution in [2.75, 3.05) is 0 Å². The Balaban J connectivity index is 1.67. The average molecular weight is 370 g/mol. The van der Waals surface area contributed by atoms with E-state index in [4.69, 9.17) is 0 Å². The number of hydrogen-bond acceptors (Lipinski definition) is 6. The first-order chi connectivity index (χ1) is 12.0. The van der Waals surface area contributed by atoms with Crippen LogP contribution in [-0.4, -0.2) is 28.0 Å². The second-order valence-corrected chi connectivity index (χ2v) is 8.79. The number of rotatable bonds is 4. The van der Waals surface area contributed by atoms with Gasteiger partial charge in [0.25, 0.3) is 0 Å². The van der Waals surface area contributed by atoms with Crippen LogP contribution in [0.15, 0.2) is 59.2 Å². The van der Waals surface area contributed by atoms with Gasteiger partial charge in [-0.05, 0) is 25.1 Å². The molecule has 0 spiro atoms. The van der Waals surface area contributed by atoms with Gasteiger partial charge in [-0.25, -0.2) is 17.9 Å². The van der Waals surface area contributed by atoms with Gasteiger partial charge in [0.05, 0.1) is 23.3 Å². The molecule has 0 aliphatic heterocycles. The molecule has 0 aliphatic carbocycles. The fourth-order valence-corrected chi connectivity index (χ4v) is 4.91. The van der Waals surface area contributed by atoms with Crippen molar-refractivity contribution in [1.82, 2.24) is 19.6 Å². The molecule has 0 saturated carbocycles. The van der Waals surface area contributed by atoms with Crippen LogP contribution in [-0.2, 0) is 15.6 Å². The minimum atomic E-state index is -3.55. The molecule has 4 rings (SSSR count). The van der Waals surface area contributed by atoms with Crippen LogP contribution >= 0.6 is 11.3 Å². The first kappa shape index (κ1) is 15.9. The molecule has 0 N–H and O–H groups in total. The molecule has 8 heteroatoms. The summed E-state index contributed by atoms with van der Waals surface area (Å²) in [5.41, 5.74) is 3.39. The van der Waals surface area contributed by atoms with Crippen molar-refractivity contribution in [2.24, 2.45) is 0 Å². The summed E-state index contributed by atoms with van der Waals surface area (Å²) >= 11 is 1.07. The van der Waals surface area contributed by atoms with E-state index in [2.05, 4.69) is 15.1 Å². The van der Waals surface area contributed by atoms with Crippen LogP contribution in [0.2, 0.25) is 0 Å². The van der Waals surface area contributed by atoms with Crippen molar-refractivity contribution in [1.29, 1.82) is 0 Å². The number of hydrogen-bond donors (Lipinski definition) is 0. The molecule has 4 aromatic rings. The highest BCUT2D eigenvalue weighted by Crippen LogP contribution is 2.26. The lowest BCUT2D eigenvalue weighted by Gasteiger charge is -1.99. The zero-order valence-electron chi connectivity index (χ0n) is 13.3. The van der Waals surface area contributed by atoms with Gasteiger partial charge in [-0.2, -0.15) is 0 Å². The van der Waals surface area contributed by atoms with Crippen LogP contribution in [0.1, 0.15) is 11.3 Å². The van der Waals surface area contributed by atoms with Gasteiger partial charge >= 0.3 is 0 Å². The van der Waals surface area contributed by atoms with Crippen molar-refractivity contribution >= 4 is 26.1 Å². The lowest BCUT2D eigenvalue weighted by molar-refractivity contribution is 0.592. The molecular weight excluding hydrogens is 356 g/mol. The van der Waals surface area contributed by atoms with Crippen LogP contribution in [0.3, 0.4) is 0 Å². The summed E-state index contributed by atoms with van der Waals surface area (Å²) < 4.78 is 26.6. The first-order valence-corrected chi connectivity index (χ1v) is 10.0. The van der Waals surface area contributed by atoms with Gasteiger partial charge in [-0.15, -0.1) is 5.10 Å². The largest absolute Gasteiger partial charge is 0.260 e. The maximum atomic E-state index is 12.5. The Morgan fingerprint density at radius 1 is 1.16 bits per heavy atom. The zero-order valence-corrected chi connectivity index (χ0v) is 15.0. The van der Waals surface area contributed by atoms with Crippen molar-refractivity contribution in [3.05, 3.63) is 66.1 Å². The van der Waals surface area contributed by atoms with E-state index in [0.29, 0.717) is 10.7 Å². The minimum absolute atomic E-state index is 0.0523. The van der Waals surface area contributed by atoms with E-state index in [0.717, 1.165) is 28.2 Å². The molecule has 1 aromatic carbocycles. The fourth-order valence-electron chi connectivity index (χ4n) is 2.49. The number of nitrogens with zero attached hydrogens (tertiary/aromatic N) is 4. The SMILES string of the molecule is Cc1cccc(-c2cn3nc(S(=O)(=O)Cc4ccccn4)sc3n2)c1. The molecule has 0 aliphatic rings. The van der Waals surface area contributed by atoms with Crippen molar-refractivity contribution in [2.45, 2.75) is 17.0 Å². The summed E-state index contributed by atoms with van der Waals surface area (Å²) in [7, 11) is -3.55. The number of pyridine rings is 1. The van der Waals surface area contributed by atoms with Crippen LogP contribution < -0.4 is 0 Å². The predicted molar refractivity (Wildman–Crippen MR) is 96.2 cm³/mol. The van der Waals surface area contributed by atoms with Crippen LogP contribution in [0, 0.1) is 6.92 Å². The Morgan fingerprint density at radius 2 is 2.04 bits per heavy atom. The summed E-state index contributed by atoms with van der Waals surface area (Å²) in [6, 6.07) is 13.2. The smallest absolute Gasteiger partial charge is 0.233 e. The monoisotopic (exact) mass is 370 g/mol. The molecule has 0 atom stereocenters. The van der Waals surface area contributed by atoms with Gasteiger partial charge in [0, 0.05) is 11.8 Å². The third-order valence-corrected chi connectivity index (χ3v) is 6.69. The standard InChI is InChI=1S/C17H14N4O2S2/c1-12-5-4-6-13(9-12)15-10-21-16(19-15)24-17(20-21)25(22,23)11-14-7-2-3-8-18-14/h2-10H,11H2,1H3. The third kappa shape index (κ3) is 3.18. The van der Waals surface area contributed by atoms with E-state index >= 15 is 0 Å². The Labute approximate surface area is 148 Å². The molecule has 25 heavy (non-hydrogen) atoms. The highest BCUT2D eigenvalue weighted by Gasteiger charge is 2.22. The van der Waals surface area contributed by atoms with Crippen molar-refractivity contribution in [3.8, 4) is 11.3 Å². The molecule has 3 heterocycles. The first-order valence-electron chi connectivity index (χ1n) is 7.57. The third-order valence-electron chi connectivity index (χ3n) is 3.67. The molecule has 0 amide bonds. The maximum Gasteiger partial charge on any atom is 0.233 e. The topological polar surface area (TPSA) is 77.2 Å². The van der Waals surface area contributed by atoms with Crippen molar-refractivity contribution in [3.63, 3.8) is 0 Å². The summed E-state index contributed by atoms with van der Waals surface area (Å²) in [6.07, 6.45) is 3.33. The summed E-state index contributed by atoms with van der Waals surface area (Å²) in [6.45, 7) is 2.02. The van der Waals surface area contributed by atoms with E-state index in [1.807, 2.05) is 31.2 Å². The molecule has 126 valence electrons. The molecule has 0 fully saturated rings. The second kappa shape index (κ2) is 6.05. The lowest BCUT2D eigenvalue weighted by Crippen LogP contribution is -2.06. The quantitative estimate of drug-likeness (QED) is 0.551. The van der Waals surface area contributed by atoms with E-state index in [1.54, 1.807) is 30.6 Å². The maximum absolute atomic E-state index is 12.5. The van der Waals surface area contributed by atoms with Crippen LogP contribution in [0.25, 0.3) is 16.2 Å². The average Bonchev–Trinajstić information content (AvgIpc) is 3.15. The molecule has 0 bridgehead atoms. The second-order valence-electron chi connectivity index (χ2n) is 5.67. The van der Waals surface area contributed by atoms with Crippen LogP contribution in [0.5, 0.6) is 0 Å². The van der Waals surface area contributed by atoms with Crippen molar-refractivity contribution < 1.29 is 8.42 Å². The van der Waals surface area contributed by atoms with E-state index in [9.17, 15) is 8.42 Å². The number of fused-ring (bicyclic) bond motifs is 1. The Kier molecular flexibility index (Phi) is 3.85. The van der Waals surface area contributed by atoms with E-state index in [-0.39, 0.29) is 10.1 Å². The van der Waals surface area contributed by atoms with Gasteiger partial charge in [0.2, 0.25) is 19.1 Å². The van der Waals surface area contributed by atoms with E-state index in [1.165, 1.54) is 4.52 Å². The molecule has 0 saturated heterocycles. The van der Waals surface area contributed by atoms with Crippen LogP contribution in [0.4, 0.5) is 0 Å². The van der Waals surface area contributed by atoms with Gasteiger partial charge in [-0.3, -0.25) is 4.98 Å². The summed E-state index contributed by atoms with van der Waals surface area (Å²) in [4.78, 5) is 9.12. The Bertz CT molecular complexity index is 1120. The minimum Gasteiger partial charge on any atom is -0.260 e. The molecule has 0 radical (unpaired) electrons. The lowest BCUT2D eigenvalue weighted by atomic mass is 10.1. The number of aromatic nitrogens is 4. The fraction of sp³-hybridized carbons (Fsp3) is 0.118. The Morgan fingerprint density at radius 3 is 2.76 bits per heavy atom. The number of imidazole rings is 1. The number of sulfone groups is 1. The highest BCUT2D eigenvalue weighted by molar-refractivity contribution is 7.92.